The molecule has 19 heavy (non-hydrogen) atoms. The Bertz CT molecular complexity index is 605. The summed E-state index contributed by atoms with van der Waals surface area (Å²) >= 11 is 0. The second-order valence-corrected chi connectivity index (χ2v) is 5.28. The number of fused-ring (bicyclic) bond motifs is 1. The smallest absolute Gasteiger partial charge is 0.00819 e. The lowest BCUT2D eigenvalue weighted by Gasteiger charge is -2.08. The molecule has 0 aliphatic heterocycles. The maximum Gasteiger partial charge on any atom is -0.00819 e. The van der Waals surface area contributed by atoms with Crippen molar-refractivity contribution in [3.8, 4) is 0 Å². The zero-order valence-corrected chi connectivity index (χ0v) is 11.5. The Hall–Kier alpha value is -1.82. The van der Waals surface area contributed by atoms with Crippen molar-refractivity contribution in [2.75, 3.05) is 0 Å². The normalized spacial score (nSPS) is 13.2. The first-order valence-corrected chi connectivity index (χ1v) is 7.26. The quantitative estimate of drug-likeness (QED) is 0.713. The van der Waals surface area contributed by atoms with Crippen LogP contribution in [0.2, 0.25) is 0 Å². The van der Waals surface area contributed by atoms with Crippen molar-refractivity contribution in [1.29, 1.82) is 0 Å². The molecule has 0 saturated carbocycles. The molecule has 0 fully saturated rings. The van der Waals surface area contributed by atoms with E-state index in [9.17, 15) is 0 Å². The van der Waals surface area contributed by atoms with Gasteiger partial charge in [-0.2, -0.15) is 0 Å². The van der Waals surface area contributed by atoms with E-state index in [2.05, 4.69) is 61.5 Å². The maximum atomic E-state index is 2.36. The molecule has 0 bridgehead atoms. The molecule has 0 heterocycles. The first-order chi connectivity index (χ1) is 9.38. The zero-order valence-electron chi connectivity index (χ0n) is 11.5. The van der Waals surface area contributed by atoms with Gasteiger partial charge < -0.3 is 0 Å². The predicted molar refractivity (Wildman–Crippen MR) is 82.3 cm³/mol. The Labute approximate surface area is 115 Å². The molecule has 0 heteroatoms. The van der Waals surface area contributed by atoms with Crippen molar-refractivity contribution in [1.82, 2.24) is 0 Å². The van der Waals surface area contributed by atoms with Gasteiger partial charge in [0.2, 0.25) is 0 Å². The molecule has 2 aromatic rings. The SMILES string of the molecule is CCCCc1cccc(C2=CCc3ccccc32)c1. The summed E-state index contributed by atoms with van der Waals surface area (Å²) in [6, 6.07) is 17.8. The molecule has 0 unspecified atom stereocenters. The van der Waals surface area contributed by atoms with Gasteiger partial charge in [-0.3, -0.25) is 0 Å². The lowest BCUT2D eigenvalue weighted by atomic mass is 9.96. The van der Waals surface area contributed by atoms with Crippen molar-refractivity contribution in [2.24, 2.45) is 0 Å². The van der Waals surface area contributed by atoms with Crippen LogP contribution in [0.25, 0.3) is 5.57 Å². The molecule has 0 nitrogen and oxygen atoms in total. The van der Waals surface area contributed by atoms with E-state index < -0.39 is 0 Å². The minimum Gasteiger partial charge on any atom is -0.0716 e. The Kier molecular flexibility index (Phi) is 3.50. The molecule has 0 atom stereocenters. The van der Waals surface area contributed by atoms with Gasteiger partial charge in [-0.25, -0.2) is 0 Å². The van der Waals surface area contributed by atoms with Gasteiger partial charge in [0.1, 0.15) is 0 Å². The van der Waals surface area contributed by atoms with Crippen LogP contribution in [0.3, 0.4) is 0 Å². The number of hydrogen-bond acceptors (Lipinski definition) is 0. The van der Waals surface area contributed by atoms with Crippen LogP contribution in [0, 0.1) is 0 Å². The molecule has 1 aliphatic rings. The Morgan fingerprint density at radius 3 is 2.79 bits per heavy atom. The van der Waals surface area contributed by atoms with Crippen molar-refractivity contribution < 1.29 is 0 Å². The van der Waals surface area contributed by atoms with Gasteiger partial charge in [-0.05, 0) is 47.1 Å². The van der Waals surface area contributed by atoms with Crippen molar-refractivity contribution in [3.05, 3.63) is 76.9 Å². The van der Waals surface area contributed by atoms with E-state index in [4.69, 9.17) is 0 Å². The van der Waals surface area contributed by atoms with Crippen molar-refractivity contribution in [2.45, 2.75) is 32.6 Å². The maximum absolute atomic E-state index is 2.36. The van der Waals surface area contributed by atoms with E-state index >= 15 is 0 Å². The third-order valence-corrected chi connectivity index (χ3v) is 3.89. The van der Waals surface area contributed by atoms with E-state index in [1.165, 1.54) is 47.1 Å². The fourth-order valence-electron chi connectivity index (χ4n) is 2.83. The van der Waals surface area contributed by atoms with Gasteiger partial charge in [0.15, 0.2) is 0 Å². The summed E-state index contributed by atoms with van der Waals surface area (Å²) in [5.74, 6) is 0. The molecule has 2 aromatic carbocycles. The highest BCUT2D eigenvalue weighted by molar-refractivity contribution is 5.84. The second-order valence-electron chi connectivity index (χ2n) is 5.28. The molecule has 0 spiro atoms. The number of benzene rings is 2. The summed E-state index contributed by atoms with van der Waals surface area (Å²) in [4.78, 5) is 0. The van der Waals surface area contributed by atoms with Crippen LogP contribution < -0.4 is 0 Å². The number of unbranched alkanes of at least 4 members (excludes halogenated alkanes) is 1. The molecule has 3 rings (SSSR count). The highest BCUT2D eigenvalue weighted by atomic mass is 14.2. The van der Waals surface area contributed by atoms with Gasteiger partial charge in [0.05, 0.1) is 0 Å². The summed E-state index contributed by atoms with van der Waals surface area (Å²) in [6.07, 6.45) is 7.17. The van der Waals surface area contributed by atoms with Crippen LogP contribution in [0.4, 0.5) is 0 Å². The van der Waals surface area contributed by atoms with Gasteiger partial charge in [-0.15, -0.1) is 0 Å². The number of allylic oxidation sites excluding steroid dienone is 1. The first kappa shape index (κ1) is 12.2. The topological polar surface area (TPSA) is 0 Å². The van der Waals surface area contributed by atoms with Gasteiger partial charge >= 0.3 is 0 Å². The summed E-state index contributed by atoms with van der Waals surface area (Å²) in [7, 11) is 0. The van der Waals surface area contributed by atoms with Crippen LogP contribution in [-0.4, -0.2) is 0 Å². The number of rotatable bonds is 4. The fraction of sp³-hybridized carbons (Fsp3) is 0.263. The Balaban J connectivity index is 1.91. The van der Waals surface area contributed by atoms with Gasteiger partial charge in [0, 0.05) is 0 Å². The highest BCUT2D eigenvalue weighted by Crippen LogP contribution is 2.32. The summed E-state index contributed by atoms with van der Waals surface area (Å²) in [5.41, 5.74) is 7.11. The monoisotopic (exact) mass is 248 g/mol. The molecule has 0 saturated heterocycles. The lowest BCUT2D eigenvalue weighted by molar-refractivity contribution is 0.795. The zero-order chi connectivity index (χ0) is 13.1. The third-order valence-electron chi connectivity index (χ3n) is 3.89. The fourth-order valence-corrected chi connectivity index (χ4v) is 2.83. The summed E-state index contributed by atoms with van der Waals surface area (Å²) < 4.78 is 0. The van der Waals surface area contributed by atoms with Gasteiger partial charge in [-0.1, -0.05) is 68.0 Å². The third kappa shape index (κ3) is 2.49. The minimum atomic E-state index is 1.07. The average molecular weight is 248 g/mol. The van der Waals surface area contributed by atoms with E-state index in [-0.39, 0.29) is 0 Å². The molecule has 0 N–H and O–H groups in total. The van der Waals surface area contributed by atoms with E-state index in [1.54, 1.807) is 0 Å². The Morgan fingerprint density at radius 2 is 1.89 bits per heavy atom. The Morgan fingerprint density at radius 1 is 1.00 bits per heavy atom. The van der Waals surface area contributed by atoms with Crippen molar-refractivity contribution in [3.63, 3.8) is 0 Å². The molecule has 1 aliphatic carbocycles. The molecule has 96 valence electrons. The van der Waals surface area contributed by atoms with Crippen LogP contribution in [0.5, 0.6) is 0 Å². The highest BCUT2D eigenvalue weighted by Gasteiger charge is 2.14. The van der Waals surface area contributed by atoms with Gasteiger partial charge in [0.25, 0.3) is 0 Å². The molecule has 0 amide bonds. The number of hydrogen-bond donors (Lipinski definition) is 0. The molecular weight excluding hydrogens is 228 g/mol. The van der Waals surface area contributed by atoms with Crippen LogP contribution in [-0.2, 0) is 12.8 Å². The molecule has 0 radical (unpaired) electrons. The standard InChI is InChI=1S/C19H20/c1-2-3-7-15-8-6-10-17(14-15)19-13-12-16-9-4-5-11-18(16)19/h4-6,8-11,13-14H,2-3,7,12H2,1H3. The number of aryl methyl sites for hydroxylation is 1. The van der Waals surface area contributed by atoms with E-state index in [1.807, 2.05) is 0 Å². The average Bonchev–Trinajstić information content (AvgIpc) is 2.89. The van der Waals surface area contributed by atoms with Crippen LogP contribution in [0.1, 0.15) is 42.0 Å². The van der Waals surface area contributed by atoms with E-state index in [0.29, 0.717) is 0 Å². The van der Waals surface area contributed by atoms with Crippen LogP contribution >= 0.6 is 0 Å². The molecular formula is C19H20. The second kappa shape index (κ2) is 5.44. The first-order valence-electron chi connectivity index (χ1n) is 7.26. The van der Waals surface area contributed by atoms with E-state index in [0.717, 1.165) is 6.42 Å². The predicted octanol–water partition coefficient (Wildman–Crippen LogP) is 5.02. The summed E-state index contributed by atoms with van der Waals surface area (Å²) in [5, 5.41) is 0. The lowest BCUT2D eigenvalue weighted by Crippen LogP contribution is -1.90. The minimum absolute atomic E-state index is 1.07. The molecule has 0 aromatic heterocycles. The summed E-state index contributed by atoms with van der Waals surface area (Å²) in [6.45, 7) is 2.25. The van der Waals surface area contributed by atoms with Crippen molar-refractivity contribution >= 4 is 5.57 Å². The van der Waals surface area contributed by atoms with Crippen LogP contribution in [0.15, 0.2) is 54.6 Å². The largest absolute Gasteiger partial charge is 0.0716 e.